The quantitative estimate of drug-likeness (QED) is 0.0933. The molecule has 3 heterocycles. The highest BCUT2D eigenvalue weighted by atomic mass is 32.1. The van der Waals surface area contributed by atoms with Crippen molar-refractivity contribution in [1.82, 2.24) is 4.57 Å². The number of aryl methyl sites for hydroxylation is 1. The molecule has 0 aliphatic carbocycles. The molecule has 0 saturated heterocycles. The summed E-state index contributed by atoms with van der Waals surface area (Å²) in [6.07, 6.45) is 0.903. The van der Waals surface area contributed by atoms with Crippen molar-refractivity contribution in [2.75, 3.05) is 0 Å². The van der Waals surface area contributed by atoms with Gasteiger partial charge in [0, 0.05) is 47.1 Å². The van der Waals surface area contributed by atoms with Gasteiger partial charge in [0.05, 0.1) is 21.4 Å². The molecule has 1 unspecified atom stereocenters. The molecule has 4 heteroatoms. The molecule has 0 amide bonds. The summed E-state index contributed by atoms with van der Waals surface area (Å²) in [4.78, 5) is 7.13. The number of aromatic nitrogens is 1. The van der Waals surface area contributed by atoms with Gasteiger partial charge in [-0.15, -0.1) is 22.7 Å². The maximum atomic E-state index is 5.90. The summed E-state index contributed by atoms with van der Waals surface area (Å²) < 4.78 is 6.43. The Morgan fingerprint density at radius 2 is 1.16 bits per heavy atom. The van der Waals surface area contributed by atoms with Gasteiger partial charge in [0.15, 0.2) is 0 Å². The van der Waals surface area contributed by atoms with Crippen LogP contribution in [0.3, 0.4) is 0 Å². The first kappa shape index (κ1) is 36.5. The Balaban J connectivity index is 1.15. The summed E-state index contributed by atoms with van der Waals surface area (Å²) in [5.74, 6) is 1.11. The highest BCUT2D eigenvalue weighted by Crippen LogP contribution is 2.50. The number of fused-ring (bicyclic) bond motifs is 16. The molecule has 0 aliphatic rings. The van der Waals surface area contributed by atoms with Gasteiger partial charge in [-0.05, 0) is 103 Å². The molecule has 0 fully saturated rings. The van der Waals surface area contributed by atoms with Crippen molar-refractivity contribution >= 4 is 129 Å². The van der Waals surface area contributed by atoms with Crippen LogP contribution in [0.4, 0.5) is 5.69 Å². The van der Waals surface area contributed by atoms with E-state index >= 15 is 0 Å². The molecule has 0 radical (unpaired) electrons. The molecular weight excluding hydrogens is 801 g/mol. The molecule has 10 aromatic carbocycles. The van der Waals surface area contributed by atoms with E-state index in [1.807, 2.05) is 22.7 Å². The second-order valence-electron chi connectivity index (χ2n) is 16.8. The third-order valence-electron chi connectivity index (χ3n) is 13.4. The smallest absolute Gasteiger partial charge is 0.122 e. The molecular formula is C59H40N2S2. The van der Waals surface area contributed by atoms with E-state index in [0.29, 0.717) is 0 Å². The maximum absolute atomic E-state index is 5.90. The molecule has 2 nitrogen and oxygen atoms in total. The Morgan fingerprint density at radius 1 is 0.508 bits per heavy atom. The van der Waals surface area contributed by atoms with Gasteiger partial charge in [-0.3, -0.25) is 4.57 Å². The Bertz CT molecular complexity index is 4030. The fourth-order valence-electron chi connectivity index (χ4n) is 10.6. The fraction of sp³-hybridized carbons (Fsp3) is 0.0678. The molecule has 0 N–H and O–H groups in total. The fourth-order valence-corrected chi connectivity index (χ4v) is 12.9. The minimum atomic E-state index is 0.0459. The van der Waals surface area contributed by atoms with Crippen LogP contribution in [0.5, 0.6) is 0 Å². The first-order valence-corrected chi connectivity index (χ1v) is 23.5. The lowest BCUT2D eigenvalue weighted by Crippen LogP contribution is -2.21. The van der Waals surface area contributed by atoms with E-state index in [4.69, 9.17) is 4.99 Å². The van der Waals surface area contributed by atoms with Gasteiger partial charge in [-0.1, -0.05) is 165 Å². The van der Waals surface area contributed by atoms with Crippen molar-refractivity contribution in [1.29, 1.82) is 0 Å². The van der Waals surface area contributed by atoms with Crippen molar-refractivity contribution in [2.24, 2.45) is 4.99 Å². The number of para-hydroxylation sites is 1. The van der Waals surface area contributed by atoms with Crippen LogP contribution in [-0.4, -0.2) is 10.4 Å². The number of benzene rings is 10. The molecule has 0 aliphatic heterocycles. The van der Waals surface area contributed by atoms with Gasteiger partial charge in [0.1, 0.15) is 5.84 Å². The second kappa shape index (κ2) is 14.2. The van der Waals surface area contributed by atoms with E-state index in [9.17, 15) is 0 Å². The number of aliphatic imine (C=N–C) groups is 1. The lowest BCUT2D eigenvalue weighted by molar-refractivity contribution is 0.820. The van der Waals surface area contributed by atoms with Crippen LogP contribution in [0.1, 0.15) is 29.7 Å². The minimum absolute atomic E-state index is 0.0459. The predicted molar refractivity (Wildman–Crippen MR) is 276 cm³/mol. The molecule has 1 atom stereocenters. The van der Waals surface area contributed by atoms with Gasteiger partial charge in [-0.2, -0.15) is 0 Å². The molecule has 13 aromatic rings. The molecule has 3 aromatic heterocycles. The molecule has 63 heavy (non-hydrogen) atoms. The van der Waals surface area contributed by atoms with E-state index in [2.05, 4.69) is 206 Å². The Labute approximate surface area is 372 Å². The van der Waals surface area contributed by atoms with Crippen LogP contribution in [0.15, 0.2) is 193 Å². The highest BCUT2D eigenvalue weighted by Gasteiger charge is 2.28. The van der Waals surface area contributed by atoms with Crippen LogP contribution in [0.25, 0.3) is 106 Å². The number of hydrogen-bond donors (Lipinski definition) is 0. The van der Waals surface area contributed by atoms with Crippen molar-refractivity contribution in [3.05, 3.63) is 198 Å². The van der Waals surface area contributed by atoms with Crippen molar-refractivity contribution < 1.29 is 0 Å². The summed E-state index contributed by atoms with van der Waals surface area (Å²) in [7, 11) is 0. The largest absolute Gasteiger partial charge is 0.295 e. The van der Waals surface area contributed by atoms with Gasteiger partial charge in [0.2, 0.25) is 0 Å². The van der Waals surface area contributed by atoms with E-state index in [-0.39, 0.29) is 5.92 Å². The van der Waals surface area contributed by atoms with Crippen molar-refractivity contribution in [3.8, 4) is 11.1 Å². The maximum Gasteiger partial charge on any atom is 0.122 e. The van der Waals surface area contributed by atoms with E-state index in [0.717, 1.165) is 17.9 Å². The summed E-state index contributed by atoms with van der Waals surface area (Å²) in [5, 5.41) is 16.6. The zero-order chi connectivity index (χ0) is 41.8. The van der Waals surface area contributed by atoms with Gasteiger partial charge in [0.25, 0.3) is 0 Å². The first-order valence-electron chi connectivity index (χ1n) is 21.9. The number of rotatable bonds is 5. The van der Waals surface area contributed by atoms with E-state index in [1.165, 1.54) is 117 Å². The number of nitrogens with zero attached hydrogens (tertiary/aromatic N) is 2. The first-order chi connectivity index (χ1) is 31.1. The molecule has 0 spiro atoms. The molecule has 13 rings (SSSR count). The monoisotopic (exact) mass is 840 g/mol. The van der Waals surface area contributed by atoms with Crippen LogP contribution in [0.2, 0.25) is 0 Å². The zero-order valence-electron chi connectivity index (χ0n) is 34.9. The Kier molecular flexibility index (Phi) is 8.24. The van der Waals surface area contributed by atoms with Gasteiger partial charge >= 0.3 is 0 Å². The van der Waals surface area contributed by atoms with Crippen LogP contribution < -0.4 is 0 Å². The molecule has 0 bridgehead atoms. The third-order valence-corrected chi connectivity index (χ3v) is 15.7. The zero-order valence-corrected chi connectivity index (χ0v) is 36.5. The minimum Gasteiger partial charge on any atom is -0.295 e. The molecule has 298 valence electrons. The van der Waals surface area contributed by atoms with Gasteiger partial charge < -0.3 is 0 Å². The summed E-state index contributed by atoms with van der Waals surface area (Å²) >= 11 is 3.76. The van der Waals surface area contributed by atoms with Crippen molar-refractivity contribution in [2.45, 2.75) is 26.2 Å². The average Bonchev–Trinajstić information content (AvgIpc) is 4.01. The topological polar surface area (TPSA) is 17.3 Å². The summed E-state index contributed by atoms with van der Waals surface area (Å²) in [5.41, 5.74) is 7.27. The number of hydrogen-bond acceptors (Lipinski definition) is 3. The normalized spacial score (nSPS) is 13.0. The second-order valence-corrected chi connectivity index (χ2v) is 19.1. The Hall–Kier alpha value is -7.11. The average molecular weight is 841 g/mol. The van der Waals surface area contributed by atoms with Gasteiger partial charge in [-0.25, -0.2) is 4.99 Å². The summed E-state index contributed by atoms with van der Waals surface area (Å²) in [6, 6.07) is 69.7. The van der Waals surface area contributed by atoms with Crippen LogP contribution >= 0.6 is 22.7 Å². The third kappa shape index (κ3) is 5.45. The highest BCUT2D eigenvalue weighted by molar-refractivity contribution is 7.27. The molecule has 0 saturated carbocycles. The van der Waals surface area contributed by atoms with E-state index in [1.54, 1.807) is 0 Å². The number of thiophene rings is 2. The Morgan fingerprint density at radius 3 is 1.97 bits per heavy atom. The SMILES string of the molecule is CCC(C(=Nc1c(C)sc2ccccc12)n1c2ccccc2c2c3ccccc3c3c(sc4ccc5cc(-c6cc7ccccc7c7ccccc67)ccc5c43)c21)c1ccccc1. The van der Waals surface area contributed by atoms with Crippen LogP contribution in [0, 0.1) is 6.92 Å². The summed E-state index contributed by atoms with van der Waals surface area (Å²) in [6.45, 7) is 4.54. The lowest BCUT2D eigenvalue weighted by atomic mass is 9.91. The van der Waals surface area contributed by atoms with Crippen LogP contribution in [-0.2, 0) is 0 Å². The standard InChI is InChI=1S/C59H40N2S2/c1-3-40(36-17-5-4-6-18-36)59(60-56-35(2)62-51-28-16-14-26-48(51)56)61-50-27-15-13-25-47(50)53-45-23-11-12-24-46(45)55-54-42-31-29-39(33-38(42)30-32-52(54)63-58(55)57(53)61)49-34-37-19-7-8-20-41(37)43-21-9-10-22-44(43)49/h4-34,40H,3H2,1-2H3. The van der Waals surface area contributed by atoms with Crippen molar-refractivity contribution in [3.63, 3.8) is 0 Å². The predicted octanol–water partition coefficient (Wildman–Crippen LogP) is 17.7. The lowest BCUT2D eigenvalue weighted by Gasteiger charge is -2.22. The van der Waals surface area contributed by atoms with E-state index < -0.39 is 0 Å².